The van der Waals surface area contributed by atoms with Gasteiger partial charge in [0, 0.05) is 30.9 Å². The average Bonchev–Trinajstić information content (AvgIpc) is 2.38. The fraction of sp³-hybridized carbons (Fsp3) is 0.692. The highest BCUT2D eigenvalue weighted by molar-refractivity contribution is 5.39. The van der Waals surface area contributed by atoms with Crippen LogP contribution in [0.25, 0.3) is 0 Å². The monoisotopic (exact) mass is 234 g/mol. The van der Waals surface area contributed by atoms with Gasteiger partial charge in [-0.15, -0.1) is 0 Å². The van der Waals surface area contributed by atoms with Crippen LogP contribution in [0.3, 0.4) is 0 Å². The van der Waals surface area contributed by atoms with Crippen molar-refractivity contribution in [1.29, 1.82) is 0 Å². The van der Waals surface area contributed by atoms with Crippen LogP contribution in [0.15, 0.2) is 12.4 Å². The molecule has 94 valence electrons. The van der Waals surface area contributed by atoms with Crippen molar-refractivity contribution in [2.75, 3.05) is 11.9 Å². The SMILES string of the molecule is CCc1cc(N(C)C2CCCCC2N)ncn1. The molecule has 2 unspecified atom stereocenters. The van der Waals surface area contributed by atoms with E-state index in [0.29, 0.717) is 6.04 Å². The van der Waals surface area contributed by atoms with E-state index in [1.807, 2.05) is 0 Å². The van der Waals surface area contributed by atoms with Crippen molar-refractivity contribution in [3.05, 3.63) is 18.1 Å². The molecule has 1 heterocycles. The van der Waals surface area contributed by atoms with E-state index < -0.39 is 0 Å². The van der Waals surface area contributed by atoms with Crippen LogP contribution in [0.2, 0.25) is 0 Å². The van der Waals surface area contributed by atoms with E-state index in [9.17, 15) is 0 Å². The Morgan fingerprint density at radius 3 is 2.82 bits per heavy atom. The summed E-state index contributed by atoms with van der Waals surface area (Å²) in [4.78, 5) is 10.8. The minimum Gasteiger partial charge on any atom is -0.355 e. The molecule has 17 heavy (non-hydrogen) atoms. The van der Waals surface area contributed by atoms with Gasteiger partial charge in [0.1, 0.15) is 12.1 Å². The van der Waals surface area contributed by atoms with Gasteiger partial charge in [-0.2, -0.15) is 0 Å². The molecular weight excluding hydrogens is 212 g/mol. The highest BCUT2D eigenvalue weighted by Crippen LogP contribution is 2.24. The topological polar surface area (TPSA) is 55.0 Å². The molecule has 0 radical (unpaired) electrons. The summed E-state index contributed by atoms with van der Waals surface area (Å²) in [6, 6.07) is 2.76. The number of aryl methyl sites for hydroxylation is 1. The lowest BCUT2D eigenvalue weighted by Gasteiger charge is -2.36. The van der Waals surface area contributed by atoms with Gasteiger partial charge in [-0.25, -0.2) is 9.97 Å². The standard InChI is InChI=1S/C13H22N4/c1-3-10-8-13(16-9-15-10)17(2)12-7-5-4-6-11(12)14/h8-9,11-12H,3-7,14H2,1-2H3. The van der Waals surface area contributed by atoms with Crippen LogP contribution in [0.4, 0.5) is 5.82 Å². The molecule has 0 saturated heterocycles. The van der Waals surface area contributed by atoms with Gasteiger partial charge in [0.2, 0.25) is 0 Å². The number of aromatic nitrogens is 2. The van der Waals surface area contributed by atoms with Crippen LogP contribution in [0, 0.1) is 0 Å². The summed E-state index contributed by atoms with van der Waals surface area (Å²) in [5, 5.41) is 0. The minimum absolute atomic E-state index is 0.272. The van der Waals surface area contributed by atoms with Crippen molar-refractivity contribution >= 4 is 5.82 Å². The van der Waals surface area contributed by atoms with Gasteiger partial charge in [-0.05, 0) is 19.3 Å². The van der Waals surface area contributed by atoms with E-state index >= 15 is 0 Å². The van der Waals surface area contributed by atoms with Gasteiger partial charge in [0.05, 0.1) is 0 Å². The Labute approximate surface area is 103 Å². The molecule has 1 aromatic heterocycles. The summed E-state index contributed by atoms with van der Waals surface area (Å²) in [5.74, 6) is 0.999. The largest absolute Gasteiger partial charge is 0.355 e. The van der Waals surface area contributed by atoms with E-state index in [4.69, 9.17) is 5.73 Å². The summed E-state index contributed by atoms with van der Waals surface area (Å²) < 4.78 is 0. The Hall–Kier alpha value is -1.16. The van der Waals surface area contributed by atoms with E-state index in [1.54, 1.807) is 6.33 Å². The molecule has 4 heteroatoms. The summed E-state index contributed by atoms with van der Waals surface area (Å²) in [6.45, 7) is 2.11. The van der Waals surface area contributed by atoms with Crippen LogP contribution >= 0.6 is 0 Å². The van der Waals surface area contributed by atoms with Crippen LogP contribution in [0.5, 0.6) is 0 Å². The maximum absolute atomic E-state index is 6.20. The van der Waals surface area contributed by atoms with Crippen LogP contribution in [-0.2, 0) is 6.42 Å². The number of hydrogen-bond donors (Lipinski definition) is 1. The normalized spacial score (nSPS) is 24.6. The molecule has 1 aliphatic rings. The molecule has 0 amide bonds. The smallest absolute Gasteiger partial charge is 0.132 e. The molecule has 2 N–H and O–H groups in total. The van der Waals surface area contributed by atoms with Gasteiger partial charge in [-0.3, -0.25) is 0 Å². The van der Waals surface area contributed by atoms with Crippen LogP contribution < -0.4 is 10.6 Å². The lowest BCUT2D eigenvalue weighted by molar-refractivity contribution is 0.372. The van der Waals surface area contributed by atoms with Crippen molar-refractivity contribution < 1.29 is 0 Å². The van der Waals surface area contributed by atoms with Crippen molar-refractivity contribution in [1.82, 2.24) is 9.97 Å². The molecular formula is C13H22N4. The third kappa shape index (κ3) is 2.75. The second-order valence-corrected chi connectivity index (χ2v) is 4.85. The molecule has 1 aliphatic carbocycles. The highest BCUT2D eigenvalue weighted by Gasteiger charge is 2.26. The predicted molar refractivity (Wildman–Crippen MR) is 70.0 cm³/mol. The third-order valence-corrected chi connectivity index (χ3v) is 3.71. The Morgan fingerprint density at radius 1 is 1.35 bits per heavy atom. The number of nitrogens with two attached hydrogens (primary N) is 1. The highest BCUT2D eigenvalue weighted by atomic mass is 15.2. The van der Waals surface area contributed by atoms with Crippen molar-refractivity contribution in [3.8, 4) is 0 Å². The summed E-state index contributed by atoms with van der Waals surface area (Å²) in [5.41, 5.74) is 7.29. The van der Waals surface area contributed by atoms with E-state index in [1.165, 1.54) is 19.3 Å². The molecule has 0 bridgehead atoms. The lowest BCUT2D eigenvalue weighted by atomic mass is 9.90. The first-order valence-electron chi connectivity index (χ1n) is 6.51. The van der Waals surface area contributed by atoms with Crippen molar-refractivity contribution in [3.63, 3.8) is 0 Å². The number of likely N-dealkylation sites (N-methyl/N-ethyl adjacent to an activating group) is 1. The third-order valence-electron chi connectivity index (χ3n) is 3.71. The number of rotatable bonds is 3. The molecule has 0 aromatic carbocycles. The Bertz CT molecular complexity index is 366. The fourth-order valence-corrected chi connectivity index (χ4v) is 2.56. The number of anilines is 1. The second kappa shape index (κ2) is 5.45. The zero-order valence-electron chi connectivity index (χ0n) is 10.8. The van der Waals surface area contributed by atoms with E-state index in [0.717, 1.165) is 24.4 Å². The number of hydrogen-bond acceptors (Lipinski definition) is 4. The zero-order chi connectivity index (χ0) is 12.3. The Kier molecular flexibility index (Phi) is 3.94. The summed E-state index contributed by atoms with van der Waals surface area (Å²) in [7, 11) is 2.09. The summed E-state index contributed by atoms with van der Waals surface area (Å²) >= 11 is 0. The minimum atomic E-state index is 0.272. The molecule has 1 saturated carbocycles. The van der Waals surface area contributed by atoms with E-state index in [-0.39, 0.29) is 6.04 Å². The maximum atomic E-state index is 6.20. The number of nitrogens with zero attached hydrogens (tertiary/aromatic N) is 3. The maximum Gasteiger partial charge on any atom is 0.132 e. The molecule has 2 rings (SSSR count). The van der Waals surface area contributed by atoms with Gasteiger partial charge < -0.3 is 10.6 Å². The first-order chi connectivity index (χ1) is 8.22. The molecule has 1 fully saturated rings. The quantitative estimate of drug-likeness (QED) is 0.865. The molecule has 2 atom stereocenters. The fourth-order valence-electron chi connectivity index (χ4n) is 2.56. The Balaban J connectivity index is 2.14. The van der Waals surface area contributed by atoms with Gasteiger partial charge in [0.15, 0.2) is 0 Å². The first-order valence-corrected chi connectivity index (χ1v) is 6.51. The molecule has 0 aliphatic heterocycles. The van der Waals surface area contributed by atoms with Crippen LogP contribution in [0.1, 0.15) is 38.3 Å². The first kappa shape index (κ1) is 12.3. The zero-order valence-corrected chi connectivity index (χ0v) is 10.8. The van der Waals surface area contributed by atoms with E-state index in [2.05, 4.69) is 34.9 Å². The van der Waals surface area contributed by atoms with Crippen molar-refractivity contribution in [2.24, 2.45) is 5.73 Å². The average molecular weight is 234 g/mol. The predicted octanol–water partition coefficient (Wildman–Crippen LogP) is 1.75. The molecule has 4 nitrogen and oxygen atoms in total. The van der Waals surface area contributed by atoms with Gasteiger partial charge >= 0.3 is 0 Å². The van der Waals surface area contributed by atoms with Gasteiger partial charge in [0.25, 0.3) is 0 Å². The lowest BCUT2D eigenvalue weighted by Crippen LogP contribution is -2.48. The van der Waals surface area contributed by atoms with Gasteiger partial charge in [-0.1, -0.05) is 19.8 Å². The molecule has 1 aromatic rings. The molecule has 0 spiro atoms. The van der Waals surface area contributed by atoms with Crippen molar-refractivity contribution in [2.45, 2.75) is 51.1 Å². The van der Waals surface area contributed by atoms with Crippen LogP contribution in [-0.4, -0.2) is 29.1 Å². The Morgan fingerprint density at radius 2 is 2.12 bits per heavy atom. The summed E-state index contributed by atoms with van der Waals surface area (Å²) in [6.07, 6.45) is 7.42. The second-order valence-electron chi connectivity index (χ2n) is 4.85.